The van der Waals surface area contributed by atoms with E-state index in [4.69, 9.17) is 14.3 Å². The Balaban J connectivity index is 1.30. The fourth-order valence-corrected chi connectivity index (χ4v) is 6.16. The molecule has 7 amide bonds. The van der Waals surface area contributed by atoms with Crippen LogP contribution < -0.4 is 20.7 Å². The zero-order valence-electron chi connectivity index (χ0n) is 30.4. The molecule has 0 spiro atoms. The number of fused-ring (bicyclic) bond motifs is 1. The Morgan fingerprint density at radius 3 is 2.45 bits per heavy atom. The average molecular weight is 729 g/mol. The van der Waals surface area contributed by atoms with Crippen LogP contribution in [-0.2, 0) is 38.9 Å². The summed E-state index contributed by atoms with van der Waals surface area (Å²) in [6.45, 7) is 5.95. The first-order valence-corrected chi connectivity index (χ1v) is 17.3. The minimum absolute atomic E-state index is 0.0195. The first-order chi connectivity index (χ1) is 25.4. The fourth-order valence-electron chi connectivity index (χ4n) is 6.16. The molecule has 3 N–H and O–H groups in total. The molecule has 0 aliphatic carbocycles. The van der Waals surface area contributed by atoms with Gasteiger partial charge in [0.25, 0.3) is 5.91 Å². The average Bonchev–Trinajstić information content (AvgIpc) is 3.47. The molecule has 280 valence electrons. The minimum Gasteiger partial charge on any atom is -0.443 e. The van der Waals surface area contributed by atoms with Crippen LogP contribution in [0.3, 0.4) is 0 Å². The SMILES string of the molecule is CON(CCN(C)C(=O)Oc1c(CNC(=O)Nc2ccc(C)c(C(C)C)c2)ccc2c1CN(C1CCC(=O)NC1=O)C2=O)C(=O)OCc1ccccc1. The van der Waals surface area contributed by atoms with E-state index in [0.29, 0.717) is 16.8 Å². The number of carbonyl (C=O) groups is 6. The van der Waals surface area contributed by atoms with Crippen LogP contribution in [0.5, 0.6) is 5.75 Å². The van der Waals surface area contributed by atoms with Gasteiger partial charge in [0.15, 0.2) is 0 Å². The zero-order chi connectivity index (χ0) is 38.2. The molecule has 0 bridgehead atoms. The van der Waals surface area contributed by atoms with Crippen molar-refractivity contribution in [3.05, 3.63) is 94.0 Å². The maximum atomic E-state index is 13.6. The summed E-state index contributed by atoms with van der Waals surface area (Å²) in [7, 11) is 2.77. The number of anilines is 1. The maximum absolute atomic E-state index is 13.6. The van der Waals surface area contributed by atoms with E-state index in [2.05, 4.69) is 29.8 Å². The number of ether oxygens (including phenoxy) is 2. The Morgan fingerprint density at radius 1 is 1.00 bits per heavy atom. The Kier molecular flexibility index (Phi) is 12.3. The number of likely N-dealkylation sites (N-methyl/N-ethyl adjacent to an activating group) is 1. The van der Waals surface area contributed by atoms with E-state index in [9.17, 15) is 28.8 Å². The molecule has 15 nitrogen and oxygen atoms in total. The topological polar surface area (TPSA) is 176 Å². The van der Waals surface area contributed by atoms with E-state index in [1.54, 1.807) is 12.1 Å². The van der Waals surface area contributed by atoms with E-state index in [1.165, 1.54) is 24.0 Å². The van der Waals surface area contributed by atoms with Gasteiger partial charge in [-0.25, -0.2) is 14.4 Å². The standard InChI is InChI=1S/C38H44N6O9/c1-23(2)29-19-27(13-11-24(29)3)40-36(48)39-20-26-12-14-28-30(21-43(35(28)47)31-15-16-32(45)41-34(31)46)33(26)53-37(49)42(4)17-18-44(51-5)38(50)52-22-25-9-7-6-8-10-25/h6-14,19,23,31H,15-18,20-22H2,1-5H3,(H2,39,40,48)(H,41,45,46). The van der Waals surface area contributed by atoms with Crippen LogP contribution in [0.1, 0.15) is 70.8 Å². The number of hydrogen-bond acceptors (Lipinski definition) is 9. The third kappa shape index (κ3) is 9.29. The molecule has 1 fully saturated rings. The first-order valence-electron chi connectivity index (χ1n) is 17.3. The van der Waals surface area contributed by atoms with Crippen molar-refractivity contribution >= 4 is 41.6 Å². The molecule has 1 atom stereocenters. The highest BCUT2D eigenvalue weighted by molar-refractivity contribution is 6.06. The molecule has 0 saturated carbocycles. The number of urea groups is 1. The van der Waals surface area contributed by atoms with Crippen molar-refractivity contribution in [1.82, 2.24) is 25.5 Å². The summed E-state index contributed by atoms with van der Waals surface area (Å²) < 4.78 is 11.3. The number of piperidine rings is 1. The van der Waals surface area contributed by atoms with Gasteiger partial charge in [0.2, 0.25) is 11.8 Å². The highest BCUT2D eigenvalue weighted by Crippen LogP contribution is 2.36. The van der Waals surface area contributed by atoms with Crippen LogP contribution in [0.15, 0.2) is 60.7 Å². The molecule has 2 aliphatic rings. The summed E-state index contributed by atoms with van der Waals surface area (Å²) in [5.41, 5.74) is 4.58. The second kappa shape index (κ2) is 17.0. The van der Waals surface area contributed by atoms with Gasteiger partial charge < -0.3 is 29.9 Å². The normalized spacial score (nSPS) is 15.1. The van der Waals surface area contributed by atoms with E-state index in [-0.39, 0.29) is 62.9 Å². The summed E-state index contributed by atoms with van der Waals surface area (Å²) in [6.07, 6.45) is -1.34. The van der Waals surface area contributed by atoms with Crippen molar-refractivity contribution in [1.29, 1.82) is 0 Å². The van der Waals surface area contributed by atoms with Gasteiger partial charge in [0.05, 0.1) is 20.2 Å². The van der Waals surface area contributed by atoms with Crippen molar-refractivity contribution in [2.45, 2.75) is 65.3 Å². The number of amides is 7. The number of nitrogens with one attached hydrogen (secondary N) is 3. The molecular weight excluding hydrogens is 684 g/mol. The zero-order valence-corrected chi connectivity index (χ0v) is 30.4. The molecule has 53 heavy (non-hydrogen) atoms. The predicted molar refractivity (Wildman–Crippen MR) is 193 cm³/mol. The van der Waals surface area contributed by atoms with Crippen LogP contribution in [0.4, 0.5) is 20.1 Å². The Bertz CT molecular complexity index is 1880. The van der Waals surface area contributed by atoms with Crippen molar-refractivity contribution in [2.24, 2.45) is 0 Å². The summed E-state index contributed by atoms with van der Waals surface area (Å²) in [6, 6.07) is 16.5. The number of carbonyl (C=O) groups excluding carboxylic acids is 6. The van der Waals surface area contributed by atoms with Crippen molar-refractivity contribution in [2.75, 3.05) is 32.6 Å². The predicted octanol–water partition coefficient (Wildman–Crippen LogP) is 4.83. The van der Waals surface area contributed by atoms with Crippen LogP contribution in [0.25, 0.3) is 0 Å². The molecule has 0 radical (unpaired) electrons. The lowest BCUT2D eigenvalue weighted by Gasteiger charge is -2.29. The number of benzene rings is 3. The minimum atomic E-state index is -0.891. The van der Waals surface area contributed by atoms with Gasteiger partial charge in [-0.3, -0.25) is 24.5 Å². The molecule has 1 saturated heterocycles. The van der Waals surface area contributed by atoms with E-state index >= 15 is 0 Å². The van der Waals surface area contributed by atoms with E-state index < -0.39 is 42.0 Å². The molecule has 3 aromatic rings. The summed E-state index contributed by atoms with van der Waals surface area (Å²) in [5, 5.41) is 8.88. The largest absolute Gasteiger partial charge is 0.443 e. The summed E-state index contributed by atoms with van der Waals surface area (Å²) in [4.78, 5) is 85.0. The van der Waals surface area contributed by atoms with E-state index in [0.717, 1.165) is 21.8 Å². The second-order valence-corrected chi connectivity index (χ2v) is 13.1. The molecule has 1 unspecified atom stereocenters. The highest BCUT2D eigenvalue weighted by Gasteiger charge is 2.41. The van der Waals surface area contributed by atoms with Crippen LogP contribution in [0.2, 0.25) is 0 Å². The van der Waals surface area contributed by atoms with Crippen molar-refractivity contribution in [3.63, 3.8) is 0 Å². The monoisotopic (exact) mass is 728 g/mol. The van der Waals surface area contributed by atoms with Crippen LogP contribution in [-0.4, -0.2) is 84.1 Å². The lowest BCUT2D eigenvalue weighted by molar-refractivity contribution is -0.136. The third-order valence-electron chi connectivity index (χ3n) is 9.12. The molecule has 5 rings (SSSR count). The van der Waals surface area contributed by atoms with Crippen molar-refractivity contribution < 1.29 is 43.1 Å². The smallest absolute Gasteiger partial charge is 0.434 e. The Morgan fingerprint density at radius 2 is 1.75 bits per heavy atom. The van der Waals surface area contributed by atoms with Crippen LogP contribution >= 0.6 is 0 Å². The first kappa shape index (κ1) is 38.3. The molecule has 15 heteroatoms. The lowest BCUT2D eigenvalue weighted by atomic mass is 9.97. The molecule has 2 heterocycles. The van der Waals surface area contributed by atoms with Gasteiger partial charge in [-0.2, -0.15) is 5.06 Å². The number of aryl methyl sites for hydroxylation is 1. The van der Waals surface area contributed by atoms with Gasteiger partial charge in [0.1, 0.15) is 18.4 Å². The molecule has 2 aliphatic heterocycles. The van der Waals surface area contributed by atoms with Gasteiger partial charge in [-0.05, 0) is 54.2 Å². The van der Waals surface area contributed by atoms with Gasteiger partial charge in [-0.15, -0.1) is 0 Å². The summed E-state index contributed by atoms with van der Waals surface area (Å²) in [5.74, 6) is -1.15. The number of hydroxylamine groups is 2. The van der Waals surface area contributed by atoms with E-state index in [1.807, 2.05) is 55.5 Å². The van der Waals surface area contributed by atoms with Gasteiger partial charge >= 0.3 is 18.2 Å². The highest BCUT2D eigenvalue weighted by atomic mass is 16.7. The second-order valence-electron chi connectivity index (χ2n) is 13.1. The van der Waals surface area contributed by atoms with Crippen LogP contribution in [0, 0.1) is 6.92 Å². The number of imide groups is 1. The summed E-state index contributed by atoms with van der Waals surface area (Å²) >= 11 is 0. The third-order valence-corrected chi connectivity index (χ3v) is 9.12. The Hall–Kier alpha value is -5.96. The maximum Gasteiger partial charge on any atom is 0.434 e. The number of rotatable bonds is 12. The lowest BCUT2D eigenvalue weighted by Crippen LogP contribution is -2.52. The molecular formula is C38H44N6O9. The fraction of sp³-hybridized carbons (Fsp3) is 0.368. The molecule has 0 aromatic heterocycles. The number of nitrogens with zero attached hydrogens (tertiary/aromatic N) is 3. The van der Waals surface area contributed by atoms with Crippen molar-refractivity contribution in [3.8, 4) is 5.75 Å². The molecule has 3 aromatic carbocycles. The van der Waals surface area contributed by atoms with Gasteiger partial charge in [0, 0.05) is 48.9 Å². The number of hydrogen-bond donors (Lipinski definition) is 3. The Labute approximate surface area is 307 Å². The van der Waals surface area contributed by atoms with Gasteiger partial charge in [-0.1, -0.05) is 56.3 Å². The quantitative estimate of drug-likeness (QED) is 0.174.